The summed E-state index contributed by atoms with van der Waals surface area (Å²) in [4.78, 5) is 39.6. The third kappa shape index (κ3) is 3.50. The largest absolute Gasteiger partial charge is 0.496 e. The summed E-state index contributed by atoms with van der Waals surface area (Å²) in [5.41, 5.74) is 1.24. The van der Waals surface area contributed by atoms with Gasteiger partial charge < -0.3 is 19.6 Å². The van der Waals surface area contributed by atoms with E-state index in [4.69, 9.17) is 4.74 Å². The molecule has 2 amide bonds. The summed E-state index contributed by atoms with van der Waals surface area (Å²) >= 11 is 0. The maximum absolute atomic E-state index is 12.9. The lowest BCUT2D eigenvalue weighted by Crippen LogP contribution is -2.44. The lowest BCUT2D eigenvalue weighted by Gasteiger charge is -2.39. The molecule has 2 heterocycles. The van der Waals surface area contributed by atoms with Crippen LogP contribution in [0.2, 0.25) is 0 Å². The smallest absolute Gasteiger partial charge is 0.326 e. The van der Waals surface area contributed by atoms with Crippen molar-refractivity contribution in [2.45, 2.75) is 39.2 Å². The lowest BCUT2D eigenvalue weighted by atomic mass is 9.76. The number of hydrogen-bond donors (Lipinski definition) is 1. The molecule has 1 aromatic carbocycles. The summed E-state index contributed by atoms with van der Waals surface area (Å²) in [5, 5.41) is 9.45. The van der Waals surface area contributed by atoms with E-state index in [1.54, 1.807) is 13.2 Å². The van der Waals surface area contributed by atoms with Gasteiger partial charge in [-0.15, -0.1) is 0 Å². The molecular formula is C20H26N2O5. The second-order valence-corrected chi connectivity index (χ2v) is 7.63. The number of amides is 2. The van der Waals surface area contributed by atoms with Crippen molar-refractivity contribution in [2.75, 3.05) is 26.7 Å². The summed E-state index contributed by atoms with van der Waals surface area (Å²) in [7, 11) is 1.58. The first-order chi connectivity index (χ1) is 12.8. The minimum atomic E-state index is -0.951. The number of likely N-dealkylation sites (tertiary alicyclic amines) is 2. The molecule has 1 spiro atoms. The van der Waals surface area contributed by atoms with Crippen molar-refractivity contribution in [2.24, 2.45) is 5.41 Å². The van der Waals surface area contributed by atoms with E-state index in [0.29, 0.717) is 50.2 Å². The molecule has 27 heavy (non-hydrogen) atoms. The monoisotopic (exact) mass is 374 g/mol. The van der Waals surface area contributed by atoms with E-state index in [-0.39, 0.29) is 17.2 Å². The predicted octanol–water partition coefficient (Wildman–Crippen LogP) is 1.93. The Kier molecular flexibility index (Phi) is 5.13. The van der Waals surface area contributed by atoms with Gasteiger partial charge in [0.2, 0.25) is 5.91 Å². The lowest BCUT2D eigenvalue weighted by molar-refractivity contribution is -0.147. The maximum Gasteiger partial charge on any atom is 0.326 e. The fraction of sp³-hybridized carbons (Fsp3) is 0.550. The topological polar surface area (TPSA) is 87.2 Å². The van der Waals surface area contributed by atoms with Gasteiger partial charge in [0.05, 0.1) is 7.11 Å². The highest BCUT2D eigenvalue weighted by Gasteiger charge is 2.49. The number of ether oxygens (including phenoxy) is 1. The molecule has 146 valence electrons. The quantitative estimate of drug-likeness (QED) is 0.874. The molecule has 2 aliphatic heterocycles. The Labute approximate surface area is 158 Å². The molecule has 2 aliphatic rings. The van der Waals surface area contributed by atoms with E-state index >= 15 is 0 Å². The van der Waals surface area contributed by atoms with Gasteiger partial charge in [-0.05, 0) is 43.7 Å². The highest BCUT2D eigenvalue weighted by molar-refractivity contribution is 5.96. The molecular weight excluding hydrogens is 348 g/mol. The number of carboxylic acids is 1. The van der Waals surface area contributed by atoms with E-state index in [9.17, 15) is 19.5 Å². The molecule has 1 N–H and O–H groups in total. The minimum absolute atomic E-state index is 0.0301. The van der Waals surface area contributed by atoms with E-state index in [1.807, 2.05) is 24.0 Å². The molecule has 1 unspecified atom stereocenters. The Morgan fingerprint density at radius 3 is 2.41 bits per heavy atom. The zero-order valence-electron chi connectivity index (χ0n) is 16.0. The number of benzene rings is 1. The summed E-state index contributed by atoms with van der Waals surface area (Å²) in [6.45, 7) is 4.87. The van der Waals surface area contributed by atoms with Gasteiger partial charge in [-0.25, -0.2) is 4.79 Å². The van der Waals surface area contributed by atoms with Crippen molar-refractivity contribution in [3.8, 4) is 5.75 Å². The van der Waals surface area contributed by atoms with Crippen LogP contribution in [0, 0.1) is 12.3 Å². The van der Waals surface area contributed by atoms with Crippen LogP contribution in [0.4, 0.5) is 0 Å². The Morgan fingerprint density at radius 1 is 1.22 bits per heavy atom. The Balaban J connectivity index is 1.71. The number of hydrogen-bond acceptors (Lipinski definition) is 4. The van der Waals surface area contributed by atoms with Crippen molar-refractivity contribution in [3.63, 3.8) is 0 Å². The number of nitrogens with zero attached hydrogens (tertiary/aromatic N) is 2. The number of carbonyl (C=O) groups excluding carboxylic acids is 2. The zero-order valence-corrected chi connectivity index (χ0v) is 16.0. The average molecular weight is 374 g/mol. The van der Waals surface area contributed by atoms with Crippen molar-refractivity contribution >= 4 is 17.8 Å². The maximum atomic E-state index is 12.9. The highest BCUT2D eigenvalue weighted by atomic mass is 16.5. The number of aliphatic carboxylic acids is 1. The summed E-state index contributed by atoms with van der Waals surface area (Å²) in [6.07, 6.45) is 1.87. The molecule has 2 fully saturated rings. The van der Waals surface area contributed by atoms with Crippen LogP contribution in [0.5, 0.6) is 5.75 Å². The number of rotatable bonds is 3. The minimum Gasteiger partial charge on any atom is -0.496 e. The van der Waals surface area contributed by atoms with Gasteiger partial charge in [-0.1, -0.05) is 6.07 Å². The molecule has 1 aromatic rings. The standard InChI is InChI=1S/C20H26N2O5/c1-13-15(5-4-6-17(13)27-3)18(24)21-9-7-20(8-10-21)11-16(19(25)26)22(12-20)14(2)23/h4-6,16H,7-12H2,1-3H3,(H,25,26). The van der Waals surface area contributed by atoms with Gasteiger partial charge >= 0.3 is 5.97 Å². The molecule has 2 saturated heterocycles. The van der Waals surface area contributed by atoms with Crippen LogP contribution in [0.1, 0.15) is 42.1 Å². The SMILES string of the molecule is COc1cccc(C(=O)N2CCC3(CC2)CC(C(=O)O)N(C(C)=O)C3)c1C. The average Bonchev–Trinajstić information content (AvgIpc) is 3.02. The molecule has 7 heteroatoms. The molecule has 0 aliphatic carbocycles. The number of carbonyl (C=O) groups is 3. The van der Waals surface area contributed by atoms with Crippen molar-refractivity contribution in [3.05, 3.63) is 29.3 Å². The fourth-order valence-corrected chi connectivity index (χ4v) is 4.39. The van der Waals surface area contributed by atoms with Crippen LogP contribution in [0.25, 0.3) is 0 Å². The first kappa shape index (κ1) is 19.2. The Bertz CT molecular complexity index is 744. The van der Waals surface area contributed by atoms with Gasteiger partial charge in [0.1, 0.15) is 11.8 Å². The van der Waals surface area contributed by atoms with Crippen molar-refractivity contribution in [1.29, 1.82) is 0 Å². The van der Waals surface area contributed by atoms with E-state index in [2.05, 4.69) is 0 Å². The fourth-order valence-electron chi connectivity index (χ4n) is 4.39. The van der Waals surface area contributed by atoms with Crippen LogP contribution in [-0.2, 0) is 9.59 Å². The first-order valence-electron chi connectivity index (χ1n) is 9.21. The van der Waals surface area contributed by atoms with E-state index in [0.717, 1.165) is 5.56 Å². The summed E-state index contributed by atoms with van der Waals surface area (Å²) < 4.78 is 5.30. The number of piperidine rings is 1. The third-order valence-corrected chi connectivity index (χ3v) is 6.04. The third-order valence-electron chi connectivity index (χ3n) is 6.04. The van der Waals surface area contributed by atoms with Gasteiger partial charge in [0, 0.05) is 37.7 Å². The number of methoxy groups -OCH3 is 1. The van der Waals surface area contributed by atoms with Crippen LogP contribution in [-0.4, -0.2) is 65.5 Å². The Hall–Kier alpha value is -2.57. The second kappa shape index (κ2) is 7.21. The summed E-state index contributed by atoms with van der Waals surface area (Å²) in [5.74, 6) is -0.499. The highest BCUT2D eigenvalue weighted by Crippen LogP contribution is 2.43. The van der Waals surface area contributed by atoms with Gasteiger partial charge in [0.25, 0.3) is 5.91 Å². The molecule has 1 atom stereocenters. The first-order valence-corrected chi connectivity index (χ1v) is 9.21. The van der Waals surface area contributed by atoms with Gasteiger partial charge in [-0.2, -0.15) is 0 Å². The van der Waals surface area contributed by atoms with Gasteiger partial charge in [0.15, 0.2) is 0 Å². The van der Waals surface area contributed by atoms with Crippen molar-refractivity contribution < 1.29 is 24.2 Å². The Morgan fingerprint density at radius 2 is 1.89 bits per heavy atom. The van der Waals surface area contributed by atoms with Crippen LogP contribution in [0.15, 0.2) is 18.2 Å². The van der Waals surface area contributed by atoms with Crippen LogP contribution < -0.4 is 4.74 Å². The molecule has 0 bridgehead atoms. The molecule has 0 saturated carbocycles. The molecule has 0 radical (unpaired) electrons. The summed E-state index contributed by atoms with van der Waals surface area (Å²) in [6, 6.07) is 4.69. The van der Waals surface area contributed by atoms with Gasteiger partial charge in [-0.3, -0.25) is 9.59 Å². The number of carboxylic acid groups (broad SMARTS) is 1. The predicted molar refractivity (Wildman–Crippen MR) is 98.7 cm³/mol. The normalized spacial score (nSPS) is 21.4. The molecule has 7 nitrogen and oxygen atoms in total. The van der Waals surface area contributed by atoms with Crippen molar-refractivity contribution in [1.82, 2.24) is 9.80 Å². The molecule has 0 aromatic heterocycles. The van der Waals surface area contributed by atoms with E-state index < -0.39 is 12.0 Å². The van der Waals surface area contributed by atoms with Crippen LogP contribution in [0.3, 0.4) is 0 Å². The zero-order chi connectivity index (χ0) is 19.8. The second-order valence-electron chi connectivity index (χ2n) is 7.63. The molecule has 3 rings (SSSR count). The van der Waals surface area contributed by atoms with E-state index in [1.165, 1.54) is 11.8 Å². The van der Waals surface area contributed by atoms with Crippen LogP contribution >= 0.6 is 0 Å².